The average Bonchev–Trinajstić information content (AvgIpc) is 2.84. The molecule has 0 aliphatic heterocycles. The molecule has 1 aromatic carbocycles. The molecular weight excluding hydrogens is 244 g/mol. The van der Waals surface area contributed by atoms with Crippen LogP contribution in [0.2, 0.25) is 0 Å². The lowest BCUT2D eigenvalue weighted by Gasteiger charge is -2.29. The number of ether oxygens (including phenoxy) is 1. The molecule has 0 amide bonds. The number of rotatable bonds is 2. The van der Waals surface area contributed by atoms with Crippen molar-refractivity contribution >= 4 is 27.2 Å². The largest absolute Gasteiger partial charge is 0.488 e. The number of nitrogen functional groups attached to an aromatic ring is 1. The van der Waals surface area contributed by atoms with E-state index in [9.17, 15) is 0 Å². The number of aromatic nitrogens is 1. The van der Waals surface area contributed by atoms with Gasteiger partial charge in [0.05, 0.1) is 10.2 Å². The van der Waals surface area contributed by atoms with Gasteiger partial charge in [-0.05, 0) is 37.3 Å². The van der Waals surface area contributed by atoms with Crippen molar-refractivity contribution in [1.29, 1.82) is 0 Å². The highest BCUT2D eigenvalue weighted by atomic mass is 32.1. The van der Waals surface area contributed by atoms with Gasteiger partial charge in [-0.1, -0.05) is 13.3 Å². The predicted molar refractivity (Wildman–Crippen MR) is 76.1 cm³/mol. The summed E-state index contributed by atoms with van der Waals surface area (Å²) in [6, 6.07) is 4.03. The summed E-state index contributed by atoms with van der Waals surface area (Å²) in [7, 11) is 0. The van der Waals surface area contributed by atoms with Crippen molar-refractivity contribution in [1.82, 2.24) is 4.98 Å². The van der Waals surface area contributed by atoms with Crippen LogP contribution >= 0.6 is 11.3 Å². The van der Waals surface area contributed by atoms with E-state index in [4.69, 9.17) is 10.5 Å². The average molecular weight is 262 g/mol. The second-order valence-electron chi connectivity index (χ2n) is 5.09. The Morgan fingerprint density at radius 1 is 1.33 bits per heavy atom. The van der Waals surface area contributed by atoms with Gasteiger partial charge in [0.2, 0.25) is 0 Å². The standard InChI is InChI=1S/C14H18N2OS/c1-9-4-2-3-5-10(9)17-11-6-7-12-14(13(11)15)16-8-18-12/h6-10H,2-5,15H2,1H3. The van der Waals surface area contributed by atoms with Gasteiger partial charge in [-0.15, -0.1) is 11.3 Å². The van der Waals surface area contributed by atoms with Crippen LogP contribution in [0.3, 0.4) is 0 Å². The molecular formula is C14H18N2OS. The number of nitrogens with two attached hydrogens (primary N) is 1. The van der Waals surface area contributed by atoms with E-state index in [0.29, 0.717) is 17.7 Å². The number of benzene rings is 1. The fourth-order valence-electron chi connectivity index (χ4n) is 2.66. The summed E-state index contributed by atoms with van der Waals surface area (Å²) in [5.41, 5.74) is 9.54. The number of hydrogen-bond donors (Lipinski definition) is 1. The Bertz CT molecular complexity index is 552. The summed E-state index contributed by atoms with van der Waals surface area (Å²) in [4.78, 5) is 4.30. The smallest absolute Gasteiger partial charge is 0.144 e. The topological polar surface area (TPSA) is 48.1 Å². The fourth-order valence-corrected chi connectivity index (χ4v) is 3.35. The number of thiazole rings is 1. The van der Waals surface area contributed by atoms with E-state index in [2.05, 4.69) is 11.9 Å². The number of anilines is 1. The van der Waals surface area contributed by atoms with Crippen LogP contribution in [0.4, 0.5) is 5.69 Å². The molecule has 1 heterocycles. The molecule has 2 aromatic rings. The molecule has 2 unspecified atom stereocenters. The zero-order valence-corrected chi connectivity index (χ0v) is 11.4. The van der Waals surface area contributed by atoms with Gasteiger partial charge in [-0.2, -0.15) is 0 Å². The van der Waals surface area contributed by atoms with Crippen molar-refractivity contribution in [3.8, 4) is 5.75 Å². The predicted octanol–water partition coefficient (Wildman–Crippen LogP) is 3.84. The van der Waals surface area contributed by atoms with Crippen LogP contribution in [-0.2, 0) is 0 Å². The summed E-state index contributed by atoms with van der Waals surface area (Å²) in [6.45, 7) is 2.27. The van der Waals surface area contributed by atoms with E-state index in [1.807, 2.05) is 17.6 Å². The summed E-state index contributed by atoms with van der Waals surface area (Å²) in [5.74, 6) is 1.41. The van der Waals surface area contributed by atoms with Gasteiger partial charge in [0.15, 0.2) is 0 Å². The Kier molecular flexibility index (Phi) is 3.12. The molecule has 1 saturated carbocycles. The highest BCUT2D eigenvalue weighted by Gasteiger charge is 2.23. The van der Waals surface area contributed by atoms with E-state index in [0.717, 1.165) is 22.4 Å². The zero-order valence-electron chi connectivity index (χ0n) is 10.6. The molecule has 1 fully saturated rings. The van der Waals surface area contributed by atoms with E-state index < -0.39 is 0 Å². The molecule has 3 nitrogen and oxygen atoms in total. The molecule has 0 spiro atoms. The number of hydrogen-bond acceptors (Lipinski definition) is 4. The highest BCUT2D eigenvalue weighted by molar-refractivity contribution is 7.16. The molecule has 4 heteroatoms. The van der Waals surface area contributed by atoms with Gasteiger partial charge in [0, 0.05) is 0 Å². The van der Waals surface area contributed by atoms with E-state index in [1.165, 1.54) is 19.3 Å². The second-order valence-corrected chi connectivity index (χ2v) is 5.98. The highest BCUT2D eigenvalue weighted by Crippen LogP contribution is 2.35. The van der Waals surface area contributed by atoms with Gasteiger partial charge in [0.1, 0.15) is 23.1 Å². The first-order chi connectivity index (χ1) is 8.75. The summed E-state index contributed by atoms with van der Waals surface area (Å²) in [5, 5.41) is 0. The molecule has 96 valence electrons. The molecule has 0 saturated heterocycles. The van der Waals surface area contributed by atoms with Crippen LogP contribution in [0.1, 0.15) is 32.6 Å². The summed E-state index contributed by atoms with van der Waals surface area (Å²) in [6.07, 6.45) is 5.27. The molecule has 0 bridgehead atoms. The Labute approximate surface area is 111 Å². The van der Waals surface area contributed by atoms with Crippen LogP contribution < -0.4 is 10.5 Å². The molecule has 18 heavy (non-hydrogen) atoms. The Hall–Kier alpha value is -1.29. The molecule has 1 aliphatic carbocycles. The Morgan fingerprint density at radius 2 is 2.17 bits per heavy atom. The molecule has 2 atom stereocenters. The third-order valence-electron chi connectivity index (χ3n) is 3.81. The van der Waals surface area contributed by atoms with E-state index >= 15 is 0 Å². The molecule has 0 radical (unpaired) electrons. The minimum Gasteiger partial charge on any atom is -0.488 e. The van der Waals surface area contributed by atoms with Crippen LogP contribution in [0.5, 0.6) is 5.75 Å². The minimum atomic E-state index is 0.303. The minimum absolute atomic E-state index is 0.303. The molecule has 2 N–H and O–H groups in total. The van der Waals surface area contributed by atoms with Gasteiger partial charge in [-0.3, -0.25) is 0 Å². The maximum atomic E-state index is 6.15. The second kappa shape index (κ2) is 4.76. The van der Waals surface area contributed by atoms with Gasteiger partial charge in [-0.25, -0.2) is 4.98 Å². The quantitative estimate of drug-likeness (QED) is 0.837. The molecule has 1 aliphatic rings. The van der Waals surface area contributed by atoms with Gasteiger partial charge < -0.3 is 10.5 Å². The number of nitrogens with zero attached hydrogens (tertiary/aromatic N) is 1. The molecule has 1 aromatic heterocycles. The van der Waals surface area contributed by atoms with Crippen LogP contribution in [0, 0.1) is 5.92 Å². The number of fused-ring (bicyclic) bond motifs is 1. The lowest BCUT2D eigenvalue weighted by molar-refractivity contribution is 0.103. The van der Waals surface area contributed by atoms with E-state index in [1.54, 1.807) is 11.3 Å². The summed E-state index contributed by atoms with van der Waals surface area (Å²) >= 11 is 1.61. The maximum absolute atomic E-state index is 6.15. The third kappa shape index (κ3) is 2.05. The van der Waals surface area contributed by atoms with Crippen molar-refractivity contribution in [2.24, 2.45) is 5.92 Å². The van der Waals surface area contributed by atoms with Crippen LogP contribution in [0.25, 0.3) is 10.2 Å². The fraction of sp³-hybridized carbons (Fsp3) is 0.500. The first-order valence-electron chi connectivity index (χ1n) is 6.54. The first-order valence-corrected chi connectivity index (χ1v) is 7.42. The van der Waals surface area contributed by atoms with Crippen molar-refractivity contribution in [3.05, 3.63) is 17.6 Å². The van der Waals surface area contributed by atoms with Gasteiger partial charge in [0.25, 0.3) is 0 Å². The monoisotopic (exact) mass is 262 g/mol. The normalized spacial score (nSPS) is 24.3. The van der Waals surface area contributed by atoms with Gasteiger partial charge >= 0.3 is 0 Å². The summed E-state index contributed by atoms with van der Waals surface area (Å²) < 4.78 is 7.24. The Morgan fingerprint density at radius 3 is 3.00 bits per heavy atom. The zero-order chi connectivity index (χ0) is 12.5. The third-order valence-corrected chi connectivity index (χ3v) is 4.61. The van der Waals surface area contributed by atoms with Crippen molar-refractivity contribution in [3.63, 3.8) is 0 Å². The van der Waals surface area contributed by atoms with Crippen molar-refractivity contribution in [2.45, 2.75) is 38.7 Å². The SMILES string of the molecule is CC1CCCCC1Oc1ccc2scnc2c1N. The van der Waals surface area contributed by atoms with Crippen molar-refractivity contribution in [2.75, 3.05) is 5.73 Å². The van der Waals surface area contributed by atoms with E-state index in [-0.39, 0.29) is 0 Å². The maximum Gasteiger partial charge on any atom is 0.144 e. The first kappa shape index (κ1) is 11.8. The molecule has 3 rings (SSSR count). The Balaban J connectivity index is 1.87. The van der Waals surface area contributed by atoms with Crippen LogP contribution in [-0.4, -0.2) is 11.1 Å². The lowest BCUT2D eigenvalue weighted by Crippen LogP contribution is -2.28. The lowest BCUT2D eigenvalue weighted by atomic mass is 9.88. The van der Waals surface area contributed by atoms with Crippen molar-refractivity contribution < 1.29 is 4.74 Å². The van der Waals surface area contributed by atoms with Crippen LogP contribution in [0.15, 0.2) is 17.6 Å².